The molecule has 2 atom stereocenters. The molecule has 2 heterocycles. The number of hydrogen-bond donors (Lipinski definition) is 1. The molecule has 2 fully saturated rings. The predicted octanol–water partition coefficient (Wildman–Crippen LogP) is 1.44. The van der Waals surface area contributed by atoms with Gasteiger partial charge in [-0.25, -0.2) is 8.42 Å². The first kappa shape index (κ1) is 13.9. The van der Waals surface area contributed by atoms with Crippen LogP contribution in [0.15, 0.2) is 17.0 Å². The van der Waals surface area contributed by atoms with Gasteiger partial charge in [-0.2, -0.15) is 4.31 Å². The third-order valence-electron chi connectivity index (χ3n) is 4.33. The van der Waals surface area contributed by atoms with E-state index in [0.717, 1.165) is 24.0 Å². The predicted molar refractivity (Wildman–Crippen MR) is 77.0 cm³/mol. The van der Waals surface area contributed by atoms with Gasteiger partial charge in [0.05, 0.1) is 17.1 Å². The molecule has 1 aromatic carbocycles. The van der Waals surface area contributed by atoms with Gasteiger partial charge in [-0.05, 0) is 49.9 Å². The Morgan fingerprint density at radius 1 is 1.20 bits per heavy atom. The van der Waals surface area contributed by atoms with Gasteiger partial charge >= 0.3 is 0 Å². The SMILES string of the molecule is Cc1cc(S(=O)(=O)N2CC3CCC(C2)O3)cc(N)c1C. The monoisotopic (exact) mass is 296 g/mol. The molecule has 0 saturated carbocycles. The first-order valence-corrected chi connectivity index (χ1v) is 8.34. The van der Waals surface area contributed by atoms with Crippen LogP contribution in [0.4, 0.5) is 5.69 Å². The highest BCUT2D eigenvalue weighted by Gasteiger charge is 2.39. The minimum atomic E-state index is -3.48. The highest BCUT2D eigenvalue weighted by molar-refractivity contribution is 7.89. The van der Waals surface area contributed by atoms with Gasteiger partial charge in [0, 0.05) is 18.8 Å². The van der Waals surface area contributed by atoms with Crippen LogP contribution in [0.3, 0.4) is 0 Å². The van der Waals surface area contributed by atoms with Crippen LogP contribution in [0.5, 0.6) is 0 Å². The van der Waals surface area contributed by atoms with Crippen molar-refractivity contribution in [3.8, 4) is 0 Å². The van der Waals surface area contributed by atoms with E-state index in [1.165, 1.54) is 0 Å². The lowest BCUT2D eigenvalue weighted by Gasteiger charge is -2.31. The average Bonchev–Trinajstić information content (AvgIpc) is 2.73. The summed E-state index contributed by atoms with van der Waals surface area (Å²) in [6, 6.07) is 3.27. The number of anilines is 1. The summed E-state index contributed by atoms with van der Waals surface area (Å²) in [5, 5.41) is 0. The normalized spacial score (nSPS) is 26.9. The van der Waals surface area contributed by atoms with Crippen LogP contribution in [0.1, 0.15) is 24.0 Å². The first-order chi connectivity index (χ1) is 9.38. The molecular formula is C14H20N2O3S. The Labute approximate surface area is 119 Å². The number of nitrogens with zero attached hydrogens (tertiary/aromatic N) is 1. The van der Waals surface area contributed by atoms with Crippen LogP contribution in [0, 0.1) is 13.8 Å². The molecule has 0 spiro atoms. The number of ether oxygens (including phenoxy) is 1. The number of nitrogen functional groups attached to an aromatic ring is 1. The van der Waals surface area contributed by atoms with E-state index in [1.807, 2.05) is 13.8 Å². The van der Waals surface area contributed by atoms with Gasteiger partial charge in [-0.3, -0.25) is 0 Å². The molecule has 0 radical (unpaired) electrons. The van der Waals surface area contributed by atoms with E-state index >= 15 is 0 Å². The lowest BCUT2D eigenvalue weighted by atomic mass is 10.1. The molecule has 0 aromatic heterocycles. The van der Waals surface area contributed by atoms with Crippen LogP contribution in [0.25, 0.3) is 0 Å². The molecule has 2 N–H and O–H groups in total. The van der Waals surface area contributed by atoms with Gasteiger partial charge in [-0.1, -0.05) is 0 Å². The summed E-state index contributed by atoms with van der Waals surface area (Å²) in [6.07, 6.45) is 2.00. The van der Waals surface area contributed by atoms with Crippen LogP contribution < -0.4 is 5.73 Å². The van der Waals surface area contributed by atoms with Crippen molar-refractivity contribution < 1.29 is 13.2 Å². The lowest BCUT2D eigenvalue weighted by Crippen LogP contribution is -2.45. The maximum Gasteiger partial charge on any atom is 0.243 e. The zero-order chi connectivity index (χ0) is 14.5. The fourth-order valence-corrected chi connectivity index (χ4v) is 4.55. The van der Waals surface area contributed by atoms with E-state index in [4.69, 9.17) is 10.5 Å². The number of nitrogens with two attached hydrogens (primary N) is 1. The van der Waals surface area contributed by atoms with Crippen molar-refractivity contribution in [1.82, 2.24) is 4.31 Å². The first-order valence-electron chi connectivity index (χ1n) is 6.90. The molecule has 2 aliphatic rings. The molecule has 110 valence electrons. The molecular weight excluding hydrogens is 276 g/mol. The Morgan fingerprint density at radius 2 is 1.80 bits per heavy atom. The zero-order valence-corrected chi connectivity index (χ0v) is 12.6. The van der Waals surface area contributed by atoms with E-state index in [-0.39, 0.29) is 12.2 Å². The second-order valence-electron chi connectivity index (χ2n) is 5.73. The van der Waals surface area contributed by atoms with Crippen molar-refractivity contribution >= 4 is 15.7 Å². The summed E-state index contributed by atoms with van der Waals surface area (Å²) >= 11 is 0. The van der Waals surface area contributed by atoms with Crippen molar-refractivity contribution in [3.63, 3.8) is 0 Å². The summed E-state index contributed by atoms with van der Waals surface area (Å²) < 4.78 is 32.7. The molecule has 2 saturated heterocycles. The number of rotatable bonds is 2. The maximum atomic E-state index is 12.7. The van der Waals surface area contributed by atoms with E-state index < -0.39 is 10.0 Å². The zero-order valence-electron chi connectivity index (χ0n) is 11.8. The van der Waals surface area contributed by atoms with Crippen LogP contribution in [-0.4, -0.2) is 38.0 Å². The van der Waals surface area contributed by atoms with E-state index in [9.17, 15) is 8.42 Å². The van der Waals surface area contributed by atoms with Crippen molar-refractivity contribution in [2.45, 2.75) is 43.8 Å². The van der Waals surface area contributed by atoms with Gasteiger partial charge < -0.3 is 10.5 Å². The Balaban J connectivity index is 1.96. The molecule has 2 bridgehead atoms. The van der Waals surface area contributed by atoms with Crippen molar-refractivity contribution in [3.05, 3.63) is 23.3 Å². The third-order valence-corrected chi connectivity index (χ3v) is 6.14. The summed E-state index contributed by atoms with van der Waals surface area (Å²) in [7, 11) is -3.48. The topological polar surface area (TPSA) is 72.6 Å². The molecule has 1 aromatic rings. The third kappa shape index (κ3) is 2.21. The van der Waals surface area contributed by atoms with Gasteiger partial charge in [-0.15, -0.1) is 0 Å². The minimum Gasteiger partial charge on any atom is -0.398 e. The molecule has 2 aliphatic heterocycles. The summed E-state index contributed by atoms with van der Waals surface area (Å²) in [5.41, 5.74) is 8.27. The van der Waals surface area contributed by atoms with Crippen LogP contribution in [0.2, 0.25) is 0 Å². The van der Waals surface area contributed by atoms with Gasteiger partial charge in [0.1, 0.15) is 0 Å². The van der Waals surface area contributed by atoms with Gasteiger partial charge in [0.15, 0.2) is 0 Å². The van der Waals surface area contributed by atoms with Gasteiger partial charge in [0.25, 0.3) is 0 Å². The molecule has 6 heteroatoms. The van der Waals surface area contributed by atoms with E-state index in [1.54, 1.807) is 16.4 Å². The molecule has 5 nitrogen and oxygen atoms in total. The fraction of sp³-hybridized carbons (Fsp3) is 0.571. The fourth-order valence-electron chi connectivity index (χ4n) is 2.92. The standard InChI is InChI=1S/C14H20N2O3S/c1-9-5-13(6-14(15)10(9)2)20(17,18)16-7-11-3-4-12(8-16)19-11/h5-6,11-12H,3-4,7-8,15H2,1-2H3. The Kier molecular flexibility index (Phi) is 3.27. The minimum absolute atomic E-state index is 0.0485. The second kappa shape index (κ2) is 4.72. The quantitative estimate of drug-likeness (QED) is 0.838. The molecule has 20 heavy (non-hydrogen) atoms. The van der Waals surface area contributed by atoms with Crippen molar-refractivity contribution in [2.75, 3.05) is 18.8 Å². The smallest absolute Gasteiger partial charge is 0.243 e. The summed E-state index contributed by atoms with van der Waals surface area (Å²) in [6.45, 7) is 4.68. The number of fused-ring (bicyclic) bond motifs is 2. The van der Waals surface area contributed by atoms with Crippen LogP contribution >= 0.6 is 0 Å². The number of sulfonamides is 1. The Bertz CT molecular complexity index is 607. The second-order valence-corrected chi connectivity index (χ2v) is 7.67. The van der Waals surface area contributed by atoms with Gasteiger partial charge in [0.2, 0.25) is 10.0 Å². The number of morpholine rings is 1. The maximum absolute atomic E-state index is 12.7. The largest absolute Gasteiger partial charge is 0.398 e. The van der Waals surface area contributed by atoms with E-state index in [2.05, 4.69) is 0 Å². The summed E-state index contributed by atoms with van der Waals surface area (Å²) in [4.78, 5) is 0.291. The molecule has 3 rings (SSSR count). The average molecular weight is 296 g/mol. The van der Waals surface area contributed by atoms with Crippen molar-refractivity contribution in [1.29, 1.82) is 0 Å². The molecule has 0 aliphatic carbocycles. The lowest BCUT2D eigenvalue weighted by molar-refractivity contribution is -0.0114. The molecule has 2 unspecified atom stereocenters. The summed E-state index contributed by atoms with van der Waals surface area (Å²) in [5.74, 6) is 0. The number of benzene rings is 1. The Morgan fingerprint density at radius 3 is 2.35 bits per heavy atom. The van der Waals surface area contributed by atoms with Crippen molar-refractivity contribution in [2.24, 2.45) is 0 Å². The number of hydrogen-bond acceptors (Lipinski definition) is 4. The Hall–Kier alpha value is -1.11. The highest BCUT2D eigenvalue weighted by Crippen LogP contribution is 2.31. The molecule has 0 amide bonds. The number of aryl methyl sites for hydroxylation is 1. The van der Waals surface area contributed by atoms with Crippen LogP contribution in [-0.2, 0) is 14.8 Å². The van der Waals surface area contributed by atoms with E-state index in [0.29, 0.717) is 23.7 Å². The highest BCUT2D eigenvalue weighted by atomic mass is 32.2.